The van der Waals surface area contributed by atoms with Crippen molar-refractivity contribution in [3.05, 3.63) is 0 Å². The van der Waals surface area contributed by atoms with Gasteiger partial charge in [-0.25, -0.2) is 0 Å². The Morgan fingerprint density at radius 3 is 2.04 bits per heavy atom. The molecule has 4 saturated carbocycles. The van der Waals surface area contributed by atoms with E-state index in [0.29, 0.717) is 17.8 Å². The van der Waals surface area contributed by atoms with Crippen LogP contribution in [0.5, 0.6) is 0 Å². The lowest BCUT2D eigenvalue weighted by Gasteiger charge is -2.55. The third-order valence-corrected chi connectivity index (χ3v) is 7.75. The Hall–Kier alpha value is -1.59. The second kappa shape index (κ2) is 7.68. The van der Waals surface area contributed by atoms with Gasteiger partial charge in [0.2, 0.25) is 5.91 Å². The van der Waals surface area contributed by atoms with Crippen LogP contribution in [-0.4, -0.2) is 47.9 Å². The highest BCUT2D eigenvalue weighted by atomic mass is 16.5. The van der Waals surface area contributed by atoms with Crippen LogP contribution in [0, 0.1) is 23.2 Å². The van der Waals surface area contributed by atoms with Gasteiger partial charge < -0.3 is 15.0 Å². The number of carbonyl (C=O) groups is 3. The first kappa shape index (κ1) is 19.7. The molecule has 28 heavy (non-hydrogen) atoms. The zero-order valence-electron chi connectivity index (χ0n) is 17.2. The van der Waals surface area contributed by atoms with Crippen molar-refractivity contribution < 1.29 is 19.1 Å². The van der Waals surface area contributed by atoms with Crippen molar-refractivity contribution in [2.75, 3.05) is 13.2 Å². The van der Waals surface area contributed by atoms with E-state index < -0.39 is 5.97 Å². The summed E-state index contributed by atoms with van der Waals surface area (Å²) < 4.78 is 5.18. The fourth-order valence-corrected chi connectivity index (χ4v) is 6.91. The summed E-state index contributed by atoms with van der Waals surface area (Å²) >= 11 is 0. The number of likely N-dealkylation sites (tertiary alicyclic amines) is 1. The molecule has 4 aliphatic carbocycles. The van der Waals surface area contributed by atoms with E-state index in [-0.39, 0.29) is 42.5 Å². The number of amides is 2. The molecule has 0 unspecified atom stereocenters. The number of nitrogens with zero attached hydrogens (tertiary/aromatic N) is 1. The highest BCUT2D eigenvalue weighted by molar-refractivity contribution is 5.87. The minimum Gasteiger partial charge on any atom is -0.454 e. The van der Waals surface area contributed by atoms with Crippen molar-refractivity contribution >= 4 is 17.8 Å². The number of carbonyl (C=O) groups excluding carboxylic acids is 3. The maximum Gasteiger partial charge on any atom is 0.325 e. The van der Waals surface area contributed by atoms with E-state index in [4.69, 9.17) is 4.74 Å². The standard InChI is InChI=1S/C22H34N2O4/c1-14-4-3-5-15(2)24(14)19(25)13-28-20(26)12-23-21(27)22-9-16-6-17(10-22)8-18(7-16)11-22/h14-18H,3-13H2,1-2H3,(H,23,27)/t14-,15-,16?,17?,18?,22?/m1/s1. The quantitative estimate of drug-likeness (QED) is 0.732. The molecule has 0 radical (unpaired) electrons. The van der Waals surface area contributed by atoms with Gasteiger partial charge in [-0.1, -0.05) is 0 Å². The summed E-state index contributed by atoms with van der Waals surface area (Å²) in [5, 5.41) is 2.82. The summed E-state index contributed by atoms with van der Waals surface area (Å²) in [5.41, 5.74) is -0.260. The third-order valence-electron chi connectivity index (χ3n) is 7.75. The number of hydrogen-bond acceptors (Lipinski definition) is 4. The van der Waals surface area contributed by atoms with Crippen LogP contribution in [0.4, 0.5) is 0 Å². The lowest BCUT2D eigenvalue weighted by Crippen LogP contribution is -2.54. The monoisotopic (exact) mass is 390 g/mol. The van der Waals surface area contributed by atoms with Crippen LogP contribution in [-0.2, 0) is 19.1 Å². The molecule has 2 atom stereocenters. The van der Waals surface area contributed by atoms with E-state index in [2.05, 4.69) is 5.32 Å². The average molecular weight is 391 g/mol. The van der Waals surface area contributed by atoms with Gasteiger partial charge in [0.05, 0.1) is 0 Å². The first-order valence-electron chi connectivity index (χ1n) is 11.1. The molecule has 5 fully saturated rings. The normalized spacial score (nSPS) is 38.9. The predicted molar refractivity (Wildman–Crippen MR) is 104 cm³/mol. The Morgan fingerprint density at radius 2 is 1.50 bits per heavy atom. The van der Waals surface area contributed by atoms with Crippen LogP contribution in [0.1, 0.15) is 71.6 Å². The molecular weight excluding hydrogens is 356 g/mol. The van der Waals surface area contributed by atoms with Gasteiger partial charge in [-0.2, -0.15) is 0 Å². The first-order chi connectivity index (χ1) is 13.4. The number of hydrogen-bond donors (Lipinski definition) is 1. The Kier molecular flexibility index (Phi) is 5.41. The molecule has 156 valence electrons. The van der Waals surface area contributed by atoms with Crippen LogP contribution < -0.4 is 5.32 Å². The van der Waals surface area contributed by atoms with Crippen LogP contribution in [0.3, 0.4) is 0 Å². The fraction of sp³-hybridized carbons (Fsp3) is 0.864. The van der Waals surface area contributed by atoms with Crippen molar-refractivity contribution in [2.24, 2.45) is 23.2 Å². The van der Waals surface area contributed by atoms with E-state index in [1.54, 1.807) is 0 Å². The Bertz CT molecular complexity index is 601. The summed E-state index contributed by atoms with van der Waals surface area (Å²) in [6, 6.07) is 0.372. The molecule has 4 bridgehead atoms. The van der Waals surface area contributed by atoms with E-state index in [9.17, 15) is 14.4 Å². The second-order valence-corrected chi connectivity index (χ2v) is 9.97. The molecule has 5 rings (SSSR count). The molecule has 5 aliphatic rings. The van der Waals surface area contributed by atoms with Gasteiger partial charge in [-0.05, 0) is 89.4 Å². The molecule has 1 saturated heterocycles. The molecule has 0 aromatic heterocycles. The van der Waals surface area contributed by atoms with Gasteiger partial charge in [0, 0.05) is 17.5 Å². The highest BCUT2D eigenvalue weighted by Gasteiger charge is 2.54. The second-order valence-electron chi connectivity index (χ2n) is 9.97. The first-order valence-corrected chi connectivity index (χ1v) is 11.1. The third kappa shape index (κ3) is 3.79. The number of ether oxygens (including phenoxy) is 1. The zero-order chi connectivity index (χ0) is 19.9. The summed E-state index contributed by atoms with van der Waals surface area (Å²) in [7, 11) is 0. The molecule has 2 amide bonds. The van der Waals surface area contributed by atoms with Crippen molar-refractivity contribution in [1.82, 2.24) is 10.2 Å². The van der Waals surface area contributed by atoms with Gasteiger partial charge in [-0.15, -0.1) is 0 Å². The van der Waals surface area contributed by atoms with E-state index in [0.717, 1.165) is 38.5 Å². The van der Waals surface area contributed by atoms with Gasteiger partial charge in [0.15, 0.2) is 6.61 Å². The van der Waals surface area contributed by atoms with Crippen molar-refractivity contribution in [3.63, 3.8) is 0 Å². The van der Waals surface area contributed by atoms with Crippen molar-refractivity contribution in [2.45, 2.75) is 83.7 Å². The topological polar surface area (TPSA) is 75.7 Å². The van der Waals surface area contributed by atoms with E-state index in [1.165, 1.54) is 19.3 Å². The van der Waals surface area contributed by atoms with Crippen LogP contribution in [0.15, 0.2) is 0 Å². The lowest BCUT2D eigenvalue weighted by atomic mass is 9.49. The maximum atomic E-state index is 12.9. The maximum absolute atomic E-state index is 12.9. The summed E-state index contributed by atoms with van der Waals surface area (Å²) in [5.74, 6) is 1.43. The summed E-state index contributed by atoms with van der Waals surface area (Å²) in [4.78, 5) is 39.3. The number of rotatable bonds is 5. The van der Waals surface area contributed by atoms with Crippen molar-refractivity contribution in [3.8, 4) is 0 Å². The minimum atomic E-state index is -0.524. The number of piperidine rings is 1. The predicted octanol–water partition coefficient (Wildman–Crippen LogP) is 2.65. The average Bonchev–Trinajstić information content (AvgIpc) is 2.63. The zero-order valence-corrected chi connectivity index (χ0v) is 17.2. The lowest BCUT2D eigenvalue weighted by molar-refractivity contribution is -0.156. The molecule has 0 spiro atoms. The molecular formula is C22H34N2O4. The van der Waals surface area contributed by atoms with E-state index in [1.807, 2.05) is 18.7 Å². The van der Waals surface area contributed by atoms with Gasteiger partial charge in [0.1, 0.15) is 6.54 Å². The number of esters is 1. The summed E-state index contributed by atoms with van der Waals surface area (Å²) in [6.45, 7) is 3.71. The summed E-state index contributed by atoms with van der Waals surface area (Å²) in [6.07, 6.45) is 9.88. The van der Waals surface area contributed by atoms with Crippen LogP contribution >= 0.6 is 0 Å². The Balaban J connectivity index is 1.23. The minimum absolute atomic E-state index is 0.0214. The van der Waals surface area contributed by atoms with Crippen molar-refractivity contribution in [1.29, 1.82) is 0 Å². The molecule has 6 nitrogen and oxygen atoms in total. The Labute approximate surface area is 167 Å². The molecule has 1 aliphatic heterocycles. The molecule has 1 N–H and O–H groups in total. The largest absolute Gasteiger partial charge is 0.454 e. The molecule has 0 aromatic rings. The molecule has 1 heterocycles. The van der Waals surface area contributed by atoms with Crippen LogP contribution in [0.2, 0.25) is 0 Å². The SMILES string of the molecule is C[C@@H]1CCC[C@@H](C)N1C(=O)COC(=O)CNC(=O)C12CC3CC(CC(C3)C1)C2. The number of nitrogens with one attached hydrogen (secondary N) is 1. The fourth-order valence-electron chi connectivity index (χ4n) is 6.91. The van der Waals surface area contributed by atoms with Gasteiger partial charge in [-0.3, -0.25) is 14.4 Å². The molecule has 6 heteroatoms. The van der Waals surface area contributed by atoms with E-state index >= 15 is 0 Å². The van der Waals surface area contributed by atoms with Gasteiger partial charge >= 0.3 is 5.97 Å². The van der Waals surface area contributed by atoms with Gasteiger partial charge in [0.25, 0.3) is 5.91 Å². The van der Waals surface area contributed by atoms with Crippen LogP contribution in [0.25, 0.3) is 0 Å². The smallest absolute Gasteiger partial charge is 0.325 e. The Morgan fingerprint density at radius 1 is 0.964 bits per heavy atom. The molecule has 0 aromatic carbocycles. The highest BCUT2D eigenvalue weighted by Crippen LogP contribution is 2.60.